The van der Waals surface area contributed by atoms with Crippen molar-refractivity contribution >= 4 is 33.7 Å². The molecule has 0 spiro atoms. The van der Waals surface area contributed by atoms with Gasteiger partial charge in [0.15, 0.2) is 11.5 Å². The fraction of sp³-hybridized carbons (Fsp3) is 0.231. The minimum absolute atomic E-state index is 0.0240. The molecule has 1 fully saturated rings. The van der Waals surface area contributed by atoms with Crippen LogP contribution in [0.4, 0.5) is 17.1 Å². The van der Waals surface area contributed by atoms with Crippen LogP contribution in [0.15, 0.2) is 65.2 Å². The van der Waals surface area contributed by atoms with Gasteiger partial charge in [-0.3, -0.25) is 4.79 Å². The van der Waals surface area contributed by atoms with Crippen molar-refractivity contribution in [1.82, 2.24) is 5.16 Å². The molecule has 2 N–H and O–H groups in total. The second-order valence-electron chi connectivity index (χ2n) is 8.39. The molecule has 0 amide bonds. The summed E-state index contributed by atoms with van der Waals surface area (Å²) in [7, 11) is 0. The normalized spacial score (nSPS) is 15.1. The number of anilines is 3. The number of rotatable bonds is 5. The monoisotopic (exact) mass is 440 g/mol. The van der Waals surface area contributed by atoms with Gasteiger partial charge in [-0.25, -0.2) is 0 Å². The summed E-state index contributed by atoms with van der Waals surface area (Å²) >= 11 is 0. The largest absolute Gasteiger partial charge is 0.395 e. The Morgan fingerprint density at radius 3 is 2.39 bits per heavy atom. The lowest BCUT2D eigenvalue weighted by Crippen LogP contribution is -2.46. The van der Waals surface area contributed by atoms with Gasteiger partial charge in [0, 0.05) is 55.2 Å². The topological polar surface area (TPSA) is 81.8 Å². The fourth-order valence-corrected chi connectivity index (χ4v) is 4.96. The lowest BCUT2D eigenvalue weighted by molar-refractivity contribution is 0.104. The van der Waals surface area contributed by atoms with Crippen LogP contribution in [0.5, 0.6) is 0 Å². The highest BCUT2D eigenvalue weighted by molar-refractivity contribution is 6.28. The standard InChI is InChI=1S/C26H24N4O3/c31-15-10-27-20-16-21(30-13-11-29(12-14-30)17-6-2-1-3-7-17)24-23-22(20)25(32)18-8-4-5-9-19(18)26(23)33-28-24/h1-9,16,27,31H,10-15H2. The first-order valence-electron chi connectivity index (χ1n) is 11.3. The van der Waals surface area contributed by atoms with Crippen LogP contribution in [0.1, 0.15) is 15.9 Å². The molecule has 1 aliphatic heterocycles. The second kappa shape index (κ2) is 7.94. The molecule has 4 aromatic rings. The van der Waals surface area contributed by atoms with Gasteiger partial charge in [-0.2, -0.15) is 0 Å². The molecule has 1 aromatic heterocycles. The van der Waals surface area contributed by atoms with Crippen molar-refractivity contribution in [2.45, 2.75) is 0 Å². The first-order valence-corrected chi connectivity index (χ1v) is 11.3. The summed E-state index contributed by atoms with van der Waals surface area (Å²) < 4.78 is 5.84. The van der Waals surface area contributed by atoms with Crippen LogP contribution >= 0.6 is 0 Å². The summed E-state index contributed by atoms with van der Waals surface area (Å²) in [5, 5.41) is 17.9. The molecule has 166 valence electrons. The SMILES string of the molecule is O=C1c2ccccc2-c2onc3c(N4CCN(c5ccccc5)CC4)cc(NCCO)c1c23. The number of carbonyl (C=O) groups is 1. The summed E-state index contributed by atoms with van der Waals surface area (Å²) in [6.07, 6.45) is 0. The Bertz CT molecular complexity index is 1340. The number of ketones is 1. The van der Waals surface area contributed by atoms with E-state index in [4.69, 9.17) is 4.52 Å². The Labute approximate surface area is 191 Å². The molecule has 0 atom stereocenters. The third-order valence-electron chi connectivity index (χ3n) is 6.55. The molecule has 0 bridgehead atoms. The van der Waals surface area contributed by atoms with E-state index in [9.17, 15) is 9.90 Å². The molecule has 0 radical (unpaired) electrons. The number of hydrogen-bond donors (Lipinski definition) is 2. The van der Waals surface area contributed by atoms with Gasteiger partial charge in [-0.05, 0) is 18.2 Å². The molecule has 1 saturated heterocycles. The summed E-state index contributed by atoms with van der Waals surface area (Å²) in [6.45, 7) is 3.77. The van der Waals surface area contributed by atoms with Crippen LogP contribution in [0.2, 0.25) is 0 Å². The molecule has 0 unspecified atom stereocenters. The molecule has 33 heavy (non-hydrogen) atoms. The molecular formula is C26H24N4O3. The van der Waals surface area contributed by atoms with Crippen molar-refractivity contribution in [2.75, 3.05) is 54.4 Å². The van der Waals surface area contributed by atoms with E-state index in [1.165, 1.54) is 5.69 Å². The van der Waals surface area contributed by atoms with Gasteiger partial charge in [0.05, 0.1) is 23.2 Å². The quantitative estimate of drug-likeness (QED) is 0.431. The first-order chi connectivity index (χ1) is 16.3. The van der Waals surface area contributed by atoms with Crippen molar-refractivity contribution in [2.24, 2.45) is 0 Å². The maximum Gasteiger partial charge on any atom is 0.196 e. The van der Waals surface area contributed by atoms with Gasteiger partial charge in [-0.1, -0.05) is 47.6 Å². The van der Waals surface area contributed by atoms with Crippen LogP contribution in [-0.2, 0) is 0 Å². The predicted molar refractivity (Wildman–Crippen MR) is 129 cm³/mol. The summed E-state index contributed by atoms with van der Waals surface area (Å²) in [5.41, 5.74) is 5.55. The summed E-state index contributed by atoms with van der Waals surface area (Å²) in [5.74, 6) is 0.583. The summed E-state index contributed by atoms with van der Waals surface area (Å²) in [6, 6.07) is 19.9. The van der Waals surface area contributed by atoms with Crippen molar-refractivity contribution in [3.8, 4) is 11.3 Å². The van der Waals surface area contributed by atoms with Crippen LogP contribution in [-0.4, -0.2) is 55.4 Å². The number of aliphatic hydroxyl groups is 1. The van der Waals surface area contributed by atoms with E-state index in [-0.39, 0.29) is 12.4 Å². The highest BCUT2D eigenvalue weighted by Crippen LogP contribution is 2.45. The van der Waals surface area contributed by atoms with E-state index < -0.39 is 0 Å². The lowest BCUT2D eigenvalue weighted by atomic mass is 9.86. The average molecular weight is 441 g/mol. The summed E-state index contributed by atoms with van der Waals surface area (Å²) in [4.78, 5) is 18.2. The maximum absolute atomic E-state index is 13.5. The number of hydrogen-bond acceptors (Lipinski definition) is 7. The molecule has 1 aliphatic carbocycles. The third kappa shape index (κ3) is 3.15. The van der Waals surface area contributed by atoms with Gasteiger partial charge in [0.2, 0.25) is 0 Å². The first kappa shape index (κ1) is 19.8. The molecule has 7 nitrogen and oxygen atoms in total. The zero-order chi connectivity index (χ0) is 22.4. The van der Waals surface area contributed by atoms with E-state index in [0.717, 1.165) is 42.8 Å². The van der Waals surface area contributed by atoms with Crippen molar-refractivity contribution in [1.29, 1.82) is 0 Å². The Morgan fingerprint density at radius 1 is 0.939 bits per heavy atom. The lowest BCUT2D eigenvalue weighted by Gasteiger charge is -2.37. The van der Waals surface area contributed by atoms with Gasteiger partial charge >= 0.3 is 0 Å². The van der Waals surface area contributed by atoms with Gasteiger partial charge in [-0.15, -0.1) is 0 Å². The minimum Gasteiger partial charge on any atom is -0.395 e. The van der Waals surface area contributed by atoms with Crippen LogP contribution in [0.25, 0.3) is 22.2 Å². The number of piperazine rings is 1. The molecular weight excluding hydrogens is 416 g/mol. The number of nitrogens with zero attached hydrogens (tertiary/aromatic N) is 3. The molecule has 6 rings (SSSR count). The van der Waals surface area contributed by atoms with Crippen LogP contribution in [0.3, 0.4) is 0 Å². The minimum atomic E-state index is -0.0489. The molecule has 2 heterocycles. The average Bonchev–Trinajstić information content (AvgIpc) is 3.32. The number of benzene rings is 3. The van der Waals surface area contributed by atoms with Crippen molar-refractivity contribution < 1.29 is 14.4 Å². The number of nitrogens with one attached hydrogen (secondary N) is 1. The van der Waals surface area contributed by atoms with E-state index in [2.05, 4.69) is 44.5 Å². The maximum atomic E-state index is 13.5. The Hall–Kier alpha value is -3.84. The van der Waals surface area contributed by atoms with Gasteiger partial charge in [0.1, 0.15) is 5.52 Å². The van der Waals surface area contributed by atoms with Crippen LogP contribution in [0, 0.1) is 0 Å². The highest BCUT2D eigenvalue weighted by atomic mass is 16.5. The van der Waals surface area contributed by atoms with Crippen molar-refractivity contribution in [3.05, 3.63) is 71.8 Å². The second-order valence-corrected chi connectivity index (χ2v) is 8.39. The van der Waals surface area contributed by atoms with Crippen LogP contribution < -0.4 is 15.1 Å². The van der Waals surface area contributed by atoms with E-state index in [1.54, 1.807) is 0 Å². The number of fused-ring (bicyclic) bond motifs is 2. The van der Waals surface area contributed by atoms with E-state index >= 15 is 0 Å². The number of para-hydroxylation sites is 1. The Balaban J connectivity index is 1.43. The molecule has 7 heteroatoms. The van der Waals surface area contributed by atoms with E-state index in [1.807, 2.05) is 36.4 Å². The van der Waals surface area contributed by atoms with Gasteiger partial charge < -0.3 is 24.7 Å². The van der Waals surface area contributed by atoms with E-state index in [0.29, 0.717) is 34.6 Å². The third-order valence-corrected chi connectivity index (χ3v) is 6.55. The zero-order valence-corrected chi connectivity index (χ0v) is 18.1. The Kier molecular flexibility index (Phi) is 4.77. The predicted octanol–water partition coefficient (Wildman–Crippen LogP) is 3.77. The fourth-order valence-electron chi connectivity index (χ4n) is 4.96. The number of aromatic nitrogens is 1. The number of carbonyl (C=O) groups excluding carboxylic acids is 1. The smallest absolute Gasteiger partial charge is 0.196 e. The molecule has 2 aliphatic rings. The van der Waals surface area contributed by atoms with Gasteiger partial charge in [0.25, 0.3) is 0 Å². The zero-order valence-electron chi connectivity index (χ0n) is 18.1. The Morgan fingerprint density at radius 2 is 1.64 bits per heavy atom. The number of aliphatic hydroxyl groups excluding tert-OH is 1. The highest BCUT2D eigenvalue weighted by Gasteiger charge is 2.34. The van der Waals surface area contributed by atoms with Crippen molar-refractivity contribution in [3.63, 3.8) is 0 Å². The molecule has 3 aromatic carbocycles. The molecule has 0 saturated carbocycles.